The van der Waals surface area contributed by atoms with Crippen molar-refractivity contribution in [2.45, 2.75) is 19.9 Å². The van der Waals surface area contributed by atoms with Crippen LogP contribution >= 0.6 is 0 Å². The summed E-state index contributed by atoms with van der Waals surface area (Å²) in [5.41, 5.74) is 2.26. The van der Waals surface area contributed by atoms with Gasteiger partial charge in [-0.25, -0.2) is 4.99 Å². The third-order valence-corrected chi connectivity index (χ3v) is 3.07. The van der Waals surface area contributed by atoms with Crippen LogP contribution in [0.5, 0.6) is 0 Å². The molecule has 3 nitrogen and oxygen atoms in total. The van der Waals surface area contributed by atoms with E-state index in [1.807, 2.05) is 14.1 Å². The normalized spacial score (nSPS) is 19.1. The Kier molecular flexibility index (Phi) is 3.36. The van der Waals surface area contributed by atoms with Crippen molar-refractivity contribution in [1.82, 2.24) is 0 Å². The van der Waals surface area contributed by atoms with Crippen LogP contribution in [0.3, 0.4) is 0 Å². The summed E-state index contributed by atoms with van der Waals surface area (Å²) in [6.07, 6.45) is 0. The van der Waals surface area contributed by atoms with E-state index in [4.69, 9.17) is 4.74 Å². The van der Waals surface area contributed by atoms with Crippen molar-refractivity contribution < 1.29 is 4.74 Å². The van der Waals surface area contributed by atoms with Crippen LogP contribution in [0.1, 0.15) is 19.4 Å². The summed E-state index contributed by atoms with van der Waals surface area (Å²) in [4.78, 5) is 6.69. The summed E-state index contributed by atoms with van der Waals surface area (Å²) in [6.45, 7) is 5.06. The fourth-order valence-electron chi connectivity index (χ4n) is 1.79. The molecule has 1 atom stereocenters. The fraction of sp³-hybridized carbons (Fsp3) is 0.500. The Bertz CT molecular complexity index is 407. The number of benzene rings is 1. The van der Waals surface area contributed by atoms with Gasteiger partial charge < -0.3 is 9.64 Å². The smallest absolute Gasteiger partial charge is 0.216 e. The Morgan fingerprint density at radius 1 is 1.24 bits per heavy atom. The van der Waals surface area contributed by atoms with E-state index in [2.05, 4.69) is 48.0 Å². The van der Waals surface area contributed by atoms with E-state index in [1.165, 1.54) is 5.69 Å². The summed E-state index contributed by atoms with van der Waals surface area (Å²) in [6, 6.07) is 8.61. The van der Waals surface area contributed by atoms with Gasteiger partial charge in [-0.2, -0.15) is 0 Å². The molecule has 1 aliphatic heterocycles. The number of nitrogens with zero attached hydrogens (tertiary/aromatic N) is 2. The van der Waals surface area contributed by atoms with Crippen molar-refractivity contribution in [3.8, 4) is 0 Å². The number of rotatable bonds is 3. The third kappa shape index (κ3) is 2.60. The van der Waals surface area contributed by atoms with Gasteiger partial charge in [-0.15, -0.1) is 0 Å². The highest BCUT2D eigenvalue weighted by Crippen LogP contribution is 2.19. The predicted octanol–water partition coefficient (Wildman–Crippen LogP) is 2.55. The summed E-state index contributed by atoms with van der Waals surface area (Å²) >= 11 is 0. The molecule has 17 heavy (non-hydrogen) atoms. The Labute approximate surface area is 103 Å². The zero-order valence-corrected chi connectivity index (χ0v) is 11.0. The molecule has 0 unspecified atom stereocenters. The quantitative estimate of drug-likeness (QED) is 0.800. The Balaban J connectivity index is 2.16. The van der Waals surface area contributed by atoms with Crippen molar-refractivity contribution >= 4 is 11.6 Å². The minimum absolute atomic E-state index is 0.304. The lowest BCUT2D eigenvalue weighted by molar-refractivity contribution is 0.292. The van der Waals surface area contributed by atoms with Crippen molar-refractivity contribution in [2.24, 2.45) is 10.9 Å². The lowest BCUT2D eigenvalue weighted by Gasteiger charge is -2.12. The lowest BCUT2D eigenvalue weighted by atomic mass is 10.1. The highest BCUT2D eigenvalue weighted by molar-refractivity contribution is 5.95. The van der Waals surface area contributed by atoms with Gasteiger partial charge in [0.25, 0.3) is 0 Å². The molecule has 0 aromatic heterocycles. The van der Waals surface area contributed by atoms with Crippen LogP contribution in [-0.2, 0) is 4.74 Å². The lowest BCUT2D eigenvalue weighted by Crippen LogP contribution is -2.13. The maximum atomic E-state index is 5.65. The van der Waals surface area contributed by atoms with Crippen molar-refractivity contribution in [3.63, 3.8) is 0 Å². The van der Waals surface area contributed by atoms with Gasteiger partial charge in [0.1, 0.15) is 6.61 Å². The monoisotopic (exact) mass is 232 g/mol. The van der Waals surface area contributed by atoms with E-state index in [0.717, 1.165) is 11.5 Å². The molecule has 2 rings (SSSR count). The molecule has 0 aliphatic carbocycles. The van der Waals surface area contributed by atoms with E-state index in [1.54, 1.807) is 0 Å². The molecular weight excluding hydrogens is 212 g/mol. The fourth-order valence-corrected chi connectivity index (χ4v) is 1.79. The van der Waals surface area contributed by atoms with Gasteiger partial charge in [0.15, 0.2) is 0 Å². The summed E-state index contributed by atoms with van der Waals surface area (Å²) in [7, 11) is 4.07. The SMILES string of the molecule is CC(C)[C@H]1COC(c2ccc(N(C)C)cc2)=N1. The molecule has 0 spiro atoms. The molecule has 0 saturated carbocycles. The van der Waals surface area contributed by atoms with Gasteiger partial charge in [0.05, 0.1) is 6.04 Å². The zero-order chi connectivity index (χ0) is 12.4. The van der Waals surface area contributed by atoms with Crippen molar-refractivity contribution in [2.75, 3.05) is 25.6 Å². The highest BCUT2D eigenvalue weighted by Gasteiger charge is 2.22. The van der Waals surface area contributed by atoms with Gasteiger partial charge in [-0.05, 0) is 30.2 Å². The molecule has 0 saturated heterocycles. The first-order chi connectivity index (χ1) is 8.08. The minimum atomic E-state index is 0.304. The second kappa shape index (κ2) is 4.78. The molecule has 0 radical (unpaired) electrons. The van der Waals surface area contributed by atoms with Crippen LogP contribution in [-0.4, -0.2) is 32.6 Å². The van der Waals surface area contributed by atoms with Crippen LogP contribution in [0, 0.1) is 5.92 Å². The van der Waals surface area contributed by atoms with Crippen LogP contribution < -0.4 is 4.90 Å². The molecule has 1 aromatic carbocycles. The van der Waals surface area contributed by atoms with Crippen LogP contribution in [0.4, 0.5) is 5.69 Å². The van der Waals surface area contributed by atoms with E-state index < -0.39 is 0 Å². The van der Waals surface area contributed by atoms with Gasteiger partial charge in [-0.1, -0.05) is 13.8 Å². The largest absolute Gasteiger partial charge is 0.475 e. The molecule has 3 heteroatoms. The summed E-state index contributed by atoms with van der Waals surface area (Å²) < 4.78 is 5.65. The van der Waals surface area contributed by atoms with Gasteiger partial charge in [0, 0.05) is 25.3 Å². The van der Waals surface area contributed by atoms with Gasteiger partial charge in [0.2, 0.25) is 5.90 Å². The number of aliphatic imine (C=N–C) groups is 1. The molecule has 1 heterocycles. The highest BCUT2D eigenvalue weighted by atomic mass is 16.5. The first-order valence-electron chi connectivity index (χ1n) is 6.06. The van der Waals surface area contributed by atoms with Crippen molar-refractivity contribution in [1.29, 1.82) is 0 Å². The average molecular weight is 232 g/mol. The molecule has 92 valence electrons. The number of ether oxygens (including phenoxy) is 1. The number of anilines is 1. The first-order valence-corrected chi connectivity index (χ1v) is 6.06. The van der Waals surface area contributed by atoms with Gasteiger partial charge in [-0.3, -0.25) is 0 Å². The van der Waals surface area contributed by atoms with Crippen molar-refractivity contribution in [3.05, 3.63) is 29.8 Å². The predicted molar refractivity (Wildman–Crippen MR) is 71.9 cm³/mol. The third-order valence-electron chi connectivity index (χ3n) is 3.07. The van der Waals surface area contributed by atoms with Crippen LogP contribution in [0.2, 0.25) is 0 Å². The molecule has 0 fully saturated rings. The molecule has 0 N–H and O–H groups in total. The average Bonchev–Trinajstić information content (AvgIpc) is 2.78. The van der Waals surface area contributed by atoms with Gasteiger partial charge >= 0.3 is 0 Å². The molecule has 1 aliphatic rings. The second-order valence-corrected chi connectivity index (χ2v) is 5.00. The number of hydrogen-bond acceptors (Lipinski definition) is 3. The topological polar surface area (TPSA) is 24.8 Å². The maximum absolute atomic E-state index is 5.65. The zero-order valence-electron chi connectivity index (χ0n) is 11.0. The summed E-state index contributed by atoms with van der Waals surface area (Å²) in [5.74, 6) is 1.32. The number of hydrogen-bond donors (Lipinski definition) is 0. The second-order valence-electron chi connectivity index (χ2n) is 5.00. The molecule has 1 aromatic rings. The Morgan fingerprint density at radius 2 is 1.88 bits per heavy atom. The molecule has 0 bridgehead atoms. The standard InChI is InChI=1S/C14H20N2O/c1-10(2)13-9-17-14(15-13)11-5-7-12(8-6-11)16(3)4/h5-8,10,13H,9H2,1-4H3/t13-/m1/s1. The Morgan fingerprint density at radius 3 is 2.35 bits per heavy atom. The van der Waals surface area contributed by atoms with E-state index in [-0.39, 0.29) is 0 Å². The van der Waals surface area contributed by atoms with Crippen LogP contribution in [0.25, 0.3) is 0 Å². The van der Waals surface area contributed by atoms with E-state index >= 15 is 0 Å². The van der Waals surface area contributed by atoms with Crippen LogP contribution in [0.15, 0.2) is 29.3 Å². The first kappa shape index (κ1) is 12.0. The Hall–Kier alpha value is -1.51. The molecular formula is C14H20N2O. The van der Waals surface area contributed by atoms with E-state index in [9.17, 15) is 0 Å². The molecule has 0 amide bonds. The minimum Gasteiger partial charge on any atom is -0.475 e. The van der Waals surface area contributed by atoms with E-state index in [0.29, 0.717) is 18.6 Å². The summed E-state index contributed by atoms with van der Waals surface area (Å²) in [5, 5.41) is 0. The maximum Gasteiger partial charge on any atom is 0.216 e.